The Hall–Kier alpha value is -1.32. The smallest absolute Gasteiger partial charge is 0.235 e. The van der Waals surface area contributed by atoms with Crippen molar-refractivity contribution >= 4 is 22.0 Å². The first kappa shape index (κ1) is 13.1. The monoisotopic (exact) mass is 311 g/mol. The van der Waals surface area contributed by atoms with Crippen LogP contribution in [0.3, 0.4) is 0 Å². The lowest BCUT2D eigenvalue weighted by Crippen LogP contribution is -2.32. The Morgan fingerprint density at radius 3 is 2.39 bits per heavy atom. The fourth-order valence-electron chi connectivity index (χ4n) is 2.26. The highest BCUT2D eigenvalue weighted by Crippen LogP contribution is 2.50. The summed E-state index contributed by atoms with van der Waals surface area (Å²) < 4.78 is 11.4. The van der Waals surface area contributed by atoms with E-state index in [0.717, 1.165) is 29.3 Å². The molecule has 0 atom stereocenters. The van der Waals surface area contributed by atoms with Crippen molar-refractivity contribution in [2.24, 2.45) is 4.99 Å². The molecule has 1 aromatic carbocycles. The number of hydrogen-bond donors (Lipinski definition) is 0. The van der Waals surface area contributed by atoms with Crippen molar-refractivity contribution in [1.82, 2.24) is 0 Å². The number of methoxy groups -OCH3 is 2. The van der Waals surface area contributed by atoms with Crippen molar-refractivity contribution in [2.45, 2.75) is 24.8 Å². The molecule has 1 saturated carbocycles. The van der Waals surface area contributed by atoms with Gasteiger partial charge in [-0.1, -0.05) is 0 Å². The van der Waals surface area contributed by atoms with Gasteiger partial charge in [-0.15, -0.1) is 0 Å². The summed E-state index contributed by atoms with van der Waals surface area (Å²) in [5.41, 5.74) is 0.439. The first-order valence-corrected chi connectivity index (χ1v) is 6.47. The summed E-state index contributed by atoms with van der Waals surface area (Å²) in [6.07, 6.45) is 4.42. The highest BCUT2D eigenvalue weighted by Gasteiger charge is 2.41. The van der Waals surface area contributed by atoms with Gasteiger partial charge in [-0.25, -0.2) is 4.79 Å². The second kappa shape index (κ2) is 5.12. The van der Waals surface area contributed by atoms with Crippen LogP contribution >= 0.6 is 15.9 Å². The number of benzene rings is 1. The molecule has 0 bridgehead atoms. The number of aliphatic imine (C=N–C) groups is 1. The highest BCUT2D eigenvalue weighted by molar-refractivity contribution is 9.10. The molecule has 18 heavy (non-hydrogen) atoms. The lowest BCUT2D eigenvalue weighted by Gasteiger charge is -2.38. The molecule has 0 unspecified atom stereocenters. The number of ether oxygens (including phenoxy) is 2. The number of nitrogens with zero attached hydrogens (tertiary/aromatic N) is 1. The zero-order chi connectivity index (χ0) is 13.2. The second-order valence-corrected chi connectivity index (χ2v) is 5.13. The fourth-order valence-corrected chi connectivity index (χ4v) is 2.77. The van der Waals surface area contributed by atoms with Gasteiger partial charge >= 0.3 is 0 Å². The molecule has 4 nitrogen and oxygen atoms in total. The summed E-state index contributed by atoms with van der Waals surface area (Å²) in [5.74, 6) is 1.38. The Labute approximate surface area is 114 Å². The van der Waals surface area contributed by atoms with Gasteiger partial charge in [0, 0.05) is 11.6 Å². The van der Waals surface area contributed by atoms with Gasteiger partial charge in [0.05, 0.1) is 18.7 Å². The van der Waals surface area contributed by atoms with E-state index in [9.17, 15) is 4.79 Å². The van der Waals surface area contributed by atoms with E-state index >= 15 is 0 Å². The van der Waals surface area contributed by atoms with Crippen molar-refractivity contribution in [1.29, 1.82) is 0 Å². The summed E-state index contributed by atoms with van der Waals surface area (Å²) in [5, 5.41) is 0. The van der Waals surface area contributed by atoms with E-state index in [1.807, 2.05) is 6.07 Å². The minimum atomic E-state index is -0.470. The van der Waals surface area contributed by atoms with E-state index in [2.05, 4.69) is 20.9 Å². The van der Waals surface area contributed by atoms with Gasteiger partial charge in [0.2, 0.25) is 6.08 Å². The van der Waals surface area contributed by atoms with Crippen molar-refractivity contribution in [3.8, 4) is 11.5 Å². The van der Waals surface area contributed by atoms with Crippen molar-refractivity contribution < 1.29 is 14.3 Å². The van der Waals surface area contributed by atoms with Gasteiger partial charge in [-0.05, 0) is 41.3 Å². The van der Waals surface area contributed by atoms with E-state index in [1.165, 1.54) is 0 Å². The average molecular weight is 312 g/mol. The summed E-state index contributed by atoms with van der Waals surface area (Å²) in [6.45, 7) is 0. The maximum absolute atomic E-state index is 10.6. The Morgan fingerprint density at radius 2 is 1.94 bits per heavy atom. The normalized spacial score (nSPS) is 16.4. The van der Waals surface area contributed by atoms with Crippen LogP contribution in [0.1, 0.15) is 24.8 Å². The van der Waals surface area contributed by atoms with Crippen LogP contribution < -0.4 is 9.47 Å². The van der Waals surface area contributed by atoms with Crippen LogP contribution in [0.5, 0.6) is 11.5 Å². The van der Waals surface area contributed by atoms with Gasteiger partial charge in [0.25, 0.3) is 0 Å². The number of isocyanates is 1. The van der Waals surface area contributed by atoms with E-state index in [1.54, 1.807) is 26.4 Å². The largest absolute Gasteiger partial charge is 0.496 e. The topological polar surface area (TPSA) is 47.9 Å². The zero-order valence-electron chi connectivity index (χ0n) is 10.3. The Bertz CT molecular complexity index is 505. The second-order valence-electron chi connectivity index (χ2n) is 4.28. The molecule has 1 fully saturated rings. The molecule has 1 aromatic rings. The third kappa shape index (κ3) is 2.04. The van der Waals surface area contributed by atoms with Crippen molar-refractivity contribution in [2.75, 3.05) is 14.2 Å². The minimum absolute atomic E-state index is 0.470. The van der Waals surface area contributed by atoms with E-state index < -0.39 is 5.54 Å². The van der Waals surface area contributed by atoms with Gasteiger partial charge in [0.1, 0.15) is 17.0 Å². The molecule has 0 saturated heterocycles. The van der Waals surface area contributed by atoms with E-state index in [0.29, 0.717) is 11.5 Å². The molecule has 5 heteroatoms. The van der Waals surface area contributed by atoms with Crippen molar-refractivity contribution in [3.63, 3.8) is 0 Å². The molecule has 96 valence electrons. The zero-order valence-corrected chi connectivity index (χ0v) is 11.9. The van der Waals surface area contributed by atoms with Crippen LogP contribution in [0.25, 0.3) is 0 Å². The Balaban J connectivity index is 2.55. The lowest BCUT2D eigenvalue weighted by molar-refractivity contribution is 0.245. The Morgan fingerprint density at radius 1 is 1.28 bits per heavy atom. The molecule has 0 spiro atoms. The quantitative estimate of drug-likeness (QED) is 0.634. The molecule has 0 radical (unpaired) electrons. The van der Waals surface area contributed by atoms with Gasteiger partial charge in [0.15, 0.2) is 0 Å². The SMILES string of the molecule is COc1cc(OC)c(C2(N=C=O)CCC2)cc1Br. The molecule has 0 amide bonds. The maximum atomic E-state index is 10.6. The van der Waals surface area contributed by atoms with Gasteiger partial charge in [-0.2, -0.15) is 4.99 Å². The fraction of sp³-hybridized carbons (Fsp3) is 0.462. The van der Waals surface area contributed by atoms with Crippen LogP contribution in [0, 0.1) is 0 Å². The molecule has 1 aliphatic rings. The standard InChI is InChI=1S/C13H14BrNO3/c1-17-11-7-12(18-2)10(14)6-9(11)13(15-8-16)4-3-5-13/h6-7H,3-5H2,1-2H3. The molecule has 1 aliphatic carbocycles. The van der Waals surface area contributed by atoms with Crippen molar-refractivity contribution in [3.05, 3.63) is 22.2 Å². The number of rotatable bonds is 4. The third-order valence-corrected chi connectivity index (χ3v) is 4.04. The molecule has 0 N–H and O–H groups in total. The molecular weight excluding hydrogens is 298 g/mol. The number of hydrogen-bond acceptors (Lipinski definition) is 4. The first-order chi connectivity index (χ1) is 8.66. The number of halogens is 1. The molecule has 2 rings (SSSR count). The summed E-state index contributed by atoms with van der Waals surface area (Å²) in [4.78, 5) is 14.6. The molecular formula is C13H14BrNO3. The van der Waals surface area contributed by atoms with Crippen LogP contribution in [0.4, 0.5) is 0 Å². The highest BCUT2D eigenvalue weighted by atomic mass is 79.9. The summed E-state index contributed by atoms with van der Waals surface area (Å²) in [7, 11) is 3.20. The molecule has 0 aliphatic heterocycles. The van der Waals surface area contributed by atoms with Gasteiger partial charge in [-0.3, -0.25) is 0 Å². The van der Waals surface area contributed by atoms with Gasteiger partial charge < -0.3 is 9.47 Å². The predicted molar refractivity (Wildman–Crippen MR) is 70.9 cm³/mol. The van der Waals surface area contributed by atoms with E-state index in [-0.39, 0.29) is 0 Å². The lowest BCUT2D eigenvalue weighted by atomic mass is 9.72. The summed E-state index contributed by atoms with van der Waals surface area (Å²) in [6, 6.07) is 3.72. The number of carbonyl (C=O) groups excluding carboxylic acids is 1. The third-order valence-electron chi connectivity index (χ3n) is 3.42. The van der Waals surface area contributed by atoms with Crippen LogP contribution in [0.2, 0.25) is 0 Å². The first-order valence-electron chi connectivity index (χ1n) is 5.68. The predicted octanol–water partition coefficient (Wildman–Crippen LogP) is 3.18. The van der Waals surface area contributed by atoms with E-state index in [4.69, 9.17) is 9.47 Å². The maximum Gasteiger partial charge on any atom is 0.235 e. The van der Waals surface area contributed by atoms with Crippen LogP contribution in [0.15, 0.2) is 21.6 Å². The summed E-state index contributed by atoms with van der Waals surface area (Å²) >= 11 is 3.45. The van der Waals surface area contributed by atoms with Crippen LogP contribution in [-0.2, 0) is 10.3 Å². The molecule has 0 aromatic heterocycles. The van der Waals surface area contributed by atoms with Crippen LogP contribution in [-0.4, -0.2) is 20.3 Å². The molecule has 0 heterocycles. The average Bonchev–Trinajstić information content (AvgIpc) is 2.33. The minimum Gasteiger partial charge on any atom is -0.496 e. The Kier molecular flexibility index (Phi) is 3.73.